The van der Waals surface area contributed by atoms with Crippen LogP contribution in [-0.4, -0.2) is 32.2 Å². The van der Waals surface area contributed by atoms with E-state index in [1.54, 1.807) is 13.2 Å². The van der Waals surface area contributed by atoms with E-state index in [1.165, 1.54) is 29.8 Å². The van der Waals surface area contributed by atoms with Crippen LogP contribution in [0.3, 0.4) is 0 Å². The van der Waals surface area contributed by atoms with Gasteiger partial charge in [-0.2, -0.15) is 0 Å². The number of ketones is 1. The third kappa shape index (κ3) is 3.34. The van der Waals surface area contributed by atoms with Gasteiger partial charge in [0.1, 0.15) is 11.7 Å². The summed E-state index contributed by atoms with van der Waals surface area (Å²) in [5.74, 6) is -0.909. The van der Waals surface area contributed by atoms with Gasteiger partial charge < -0.3 is 15.6 Å². The molecule has 1 unspecified atom stereocenters. The maximum atomic E-state index is 12.3. The van der Waals surface area contributed by atoms with Crippen molar-refractivity contribution in [2.45, 2.75) is 13.0 Å². The zero-order chi connectivity index (χ0) is 17.1. The number of nitrogens with one attached hydrogen (secondary N) is 1. The molecule has 0 saturated carbocycles. The van der Waals surface area contributed by atoms with Crippen LogP contribution in [-0.2, 0) is 11.8 Å². The second kappa shape index (κ2) is 6.26. The van der Waals surface area contributed by atoms with E-state index >= 15 is 0 Å². The van der Waals surface area contributed by atoms with Crippen LogP contribution < -0.4 is 11.1 Å². The van der Waals surface area contributed by atoms with Crippen LogP contribution in [0.15, 0.2) is 30.6 Å². The van der Waals surface area contributed by atoms with Gasteiger partial charge in [0, 0.05) is 31.1 Å². The Morgan fingerprint density at radius 2 is 2.13 bits per heavy atom. The van der Waals surface area contributed by atoms with Crippen LogP contribution >= 0.6 is 0 Å². The van der Waals surface area contributed by atoms with Crippen molar-refractivity contribution in [3.63, 3.8) is 0 Å². The summed E-state index contributed by atoms with van der Waals surface area (Å²) < 4.78 is 1.52. The minimum atomic E-state index is -0.787. The Balaban J connectivity index is 2.40. The monoisotopic (exact) mass is 317 g/mol. The van der Waals surface area contributed by atoms with Crippen molar-refractivity contribution in [3.05, 3.63) is 52.1 Å². The van der Waals surface area contributed by atoms with Crippen molar-refractivity contribution < 1.29 is 14.5 Å². The molecule has 2 rings (SSSR count). The smallest absolute Gasteiger partial charge is 0.293 e. The first-order chi connectivity index (χ1) is 10.8. The summed E-state index contributed by atoms with van der Waals surface area (Å²) in [5.41, 5.74) is 5.05. The molecule has 1 amide bonds. The number of anilines is 1. The number of nitro benzene ring substituents is 1. The van der Waals surface area contributed by atoms with E-state index in [0.29, 0.717) is 0 Å². The minimum Gasteiger partial charge on any atom is -0.368 e. The molecular weight excluding hydrogens is 302 g/mol. The maximum Gasteiger partial charge on any atom is 0.293 e. The van der Waals surface area contributed by atoms with Crippen molar-refractivity contribution >= 4 is 23.1 Å². The topological polar surface area (TPSA) is 133 Å². The molecule has 120 valence electrons. The lowest BCUT2D eigenvalue weighted by Crippen LogP contribution is -2.32. The molecule has 0 saturated heterocycles. The summed E-state index contributed by atoms with van der Waals surface area (Å²) in [6.45, 7) is 1.49. The molecule has 1 heterocycles. The number of primary amides is 1. The molecule has 0 aliphatic rings. The first kappa shape index (κ1) is 16.1. The van der Waals surface area contributed by atoms with Gasteiger partial charge in [0.2, 0.25) is 11.7 Å². The number of nitrogens with zero attached hydrogens (tertiary/aromatic N) is 3. The molecule has 23 heavy (non-hydrogen) atoms. The number of aryl methyl sites for hydroxylation is 1. The quantitative estimate of drug-likeness (QED) is 0.461. The standard InChI is InChI=1S/C14H15N5O4/c1-8(13(15)21)17-10-4-3-9(7-11(10)19(22)23)12(20)14-16-5-6-18(14)2/h3-8,17H,1-2H3,(H2,15,21). The Hall–Kier alpha value is -3.23. The lowest BCUT2D eigenvalue weighted by Gasteiger charge is -2.12. The molecule has 0 radical (unpaired) electrons. The number of hydrogen-bond donors (Lipinski definition) is 2. The van der Waals surface area contributed by atoms with Crippen LogP contribution in [0.5, 0.6) is 0 Å². The third-order valence-electron chi connectivity index (χ3n) is 3.28. The van der Waals surface area contributed by atoms with Crippen molar-refractivity contribution in [2.75, 3.05) is 5.32 Å². The zero-order valence-corrected chi connectivity index (χ0v) is 12.5. The highest BCUT2D eigenvalue weighted by Crippen LogP contribution is 2.27. The average Bonchev–Trinajstić information content (AvgIpc) is 2.92. The summed E-state index contributed by atoms with van der Waals surface area (Å²) in [6, 6.07) is 3.16. The Morgan fingerprint density at radius 3 is 2.65 bits per heavy atom. The van der Waals surface area contributed by atoms with Crippen LogP contribution in [0.1, 0.15) is 23.1 Å². The van der Waals surface area contributed by atoms with E-state index < -0.39 is 22.7 Å². The van der Waals surface area contributed by atoms with Crippen molar-refractivity contribution in [1.29, 1.82) is 0 Å². The molecule has 0 spiro atoms. The Morgan fingerprint density at radius 1 is 1.43 bits per heavy atom. The number of hydrogen-bond acceptors (Lipinski definition) is 6. The minimum absolute atomic E-state index is 0.109. The van der Waals surface area contributed by atoms with Crippen LogP contribution in [0, 0.1) is 10.1 Å². The van der Waals surface area contributed by atoms with Gasteiger partial charge in [0.15, 0.2) is 5.82 Å². The number of benzene rings is 1. The van der Waals surface area contributed by atoms with Crippen molar-refractivity contribution in [3.8, 4) is 0 Å². The van der Waals surface area contributed by atoms with E-state index in [0.717, 1.165) is 6.07 Å². The first-order valence-electron chi connectivity index (χ1n) is 6.67. The highest BCUT2D eigenvalue weighted by molar-refractivity contribution is 6.07. The van der Waals surface area contributed by atoms with E-state index in [4.69, 9.17) is 5.73 Å². The second-order valence-corrected chi connectivity index (χ2v) is 4.95. The van der Waals surface area contributed by atoms with Gasteiger partial charge in [0.25, 0.3) is 5.69 Å². The van der Waals surface area contributed by atoms with Gasteiger partial charge in [0.05, 0.1) is 4.92 Å². The molecule has 9 nitrogen and oxygen atoms in total. The highest BCUT2D eigenvalue weighted by Gasteiger charge is 2.22. The molecule has 9 heteroatoms. The summed E-state index contributed by atoms with van der Waals surface area (Å²) in [7, 11) is 1.65. The molecule has 3 N–H and O–H groups in total. The van der Waals surface area contributed by atoms with Crippen LogP contribution in [0.2, 0.25) is 0 Å². The number of amides is 1. The fraction of sp³-hybridized carbons (Fsp3) is 0.214. The van der Waals surface area contributed by atoms with Crippen molar-refractivity contribution in [1.82, 2.24) is 9.55 Å². The molecular formula is C14H15N5O4. The Bertz CT molecular complexity index is 783. The Kier molecular flexibility index (Phi) is 4.39. The van der Waals surface area contributed by atoms with Gasteiger partial charge in [-0.05, 0) is 19.1 Å². The van der Waals surface area contributed by atoms with E-state index in [2.05, 4.69) is 10.3 Å². The lowest BCUT2D eigenvalue weighted by atomic mass is 10.1. The molecule has 0 aliphatic carbocycles. The van der Waals surface area contributed by atoms with Crippen LogP contribution in [0.4, 0.5) is 11.4 Å². The van der Waals surface area contributed by atoms with Gasteiger partial charge in [-0.3, -0.25) is 19.7 Å². The van der Waals surface area contributed by atoms with Gasteiger partial charge in [-0.25, -0.2) is 4.98 Å². The van der Waals surface area contributed by atoms with E-state index in [1.807, 2.05) is 0 Å². The highest BCUT2D eigenvalue weighted by atomic mass is 16.6. The number of nitrogens with two attached hydrogens (primary N) is 1. The molecule has 1 aromatic heterocycles. The molecule has 0 fully saturated rings. The average molecular weight is 317 g/mol. The maximum absolute atomic E-state index is 12.3. The summed E-state index contributed by atoms with van der Waals surface area (Å²) in [4.78, 5) is 37.9. The van der Waals surface area contributed by atoms with E-state index in [-0.39, 0.29) is 22.8 Å². The number of imidazole rings is 1. The van der Waals surface area contributed by atoms with Crippen LogP contribution in [0.25, 0.3) is 0 Å². The molecule has 1 aromatic carbocycles. The fourth-order valence-electron chi connectivity index (χ4n) is 1.96. The van der Waals surface area contributed by atoms with E-state index in [9.17, 15) is 19.7 Å². The van der Waals surface area contributed by atoms with Gasteiger partial charge in [-0.15, -0.1) is 0 Å². The summed E-state index contributed by atoms with van der Waals surface area (Å²) in [6.07, 6.45) is 3.07. The van der Waals surface area contributed by atoms with Crippen molar-refractivity contribution in [2.24, 2.45) is 12.8 Å². The van der Waals surface area contributed by atoms with Gasteiger partial charge in [-0.1, -0.05) is 0 Å². The molecule has 1 atom stereocenters. The lowest BCUT2D eigenvalue weighted by molar-refractivity contribution is -0.384. The first-order valence-corrected chi connectivity index (χ1v) is 6.67. The zero-order valence-electron chi connectivity index (χ0n) is 12.5. The molecule has 0 aliphatic heterocycles. The normalized spacial score (nSPS) is 11.7. The molecule has 2 aromatic rings. The molecule has 0 bridgehead atoms. The second-order valence-electron chi connectivity index (χ2n) is 4.95. The SMILES string of the molecule is CC(Nc1ccc(C(=O)c2nccn2C)cc1[N+](=O)[O-])C(N)=O. The largest absolute Gasteiger partial charge is 0.368 e. The van der Waals surface area contributed by atoms with Gasteiger partial charge >= 0.3 is 0 Å². The summed E-state index contributed by atoms with van der Waals surface area (Å²) in [5, 5.41) is 13.9. The third-order valence-corrected chi connectivity index (χ3v) is 3.28. The number of aromatic nitrogens is 2. The number of rotatable bonds is 6. The Labute approximate surface area is 131 Å². The predicted octanol–water partition coefficient (Wildman–Crippen LogP) is 0.845. The summed E-state index contributed by atoms with van der Waals surface area (Å²) >= 11 is 0. The number of carbonyl (C=O) groups excluding carboxylic acids is 2. The predicted molar refractivity (Wildman–Crippen MR) is 82.0 cm³/mol. The number of carbonyl (C=O) groups is 2. The number of nitro groups is 1. The fourth-order valence-corrected chi connectivity index (χ4v) is 1.96.